The summed E-state index contributed by atoms with van der Waals surface area (Å²) in [5.41, 5.74) is 4.07. The van der Waals surface area contributed by atoms with Crippen molar-refractivity contribution in [2.24, 2.45) is 0 Å². The van der Waals surface area contributed by atoms with Crippen molar-refractivity contribution >= 4 is 14.5 Å². The Hall–Kier alpha value is -2.71. The van der Waals surface area contributed by atoms with Gasteiger partial charge in [-0.2, -0.15) is 0 Å². The smallest absolute Gasteiger partial charge is 0.130 e. The van der Waals surface area contributed by atoms with Gasteiger partial charge in [0.25, 0.3) is 0 Å². The molecule has 0 aliphatic heterocycles. The number of rotatable bonds is 6. The summed E-state index contributed by atoms with van der Waals surface area (Å²) in [5, 5.41) is 1.06. The third-order valence-corrected chi connectivity index (χ3v) is 4.95. The van der Waals surface area contributed by atoms with Gasteiger partial charge in [-0.3, -0.25) is 0 Å². The van der Waals surface area contributed by atoms with Gasteiger partial charge in [-0.25, -0.2) is 0 Å². The van der Waals surface area contributed by atoms with Gasteiger partial charge >= 0.3 is 0 Å². The maximum absolute atomic E-state index is 5.64. The van der Waals surface area contributed by atoms with Crippen LogP contribution in [0.4, 0.5) is 0 Å². The molecule has 0 N–H and O–H groups in total. The molecule has 4 nitrogen and oxygen atoms in total. The lowest BCUT2D eigenvalue weighted by Gasteiger charge is -2.18. The number of ether oxygens (including phenoxy) is 4. The normalized spacial score (nSPS) is 10.4. The van der Waals surface area contributed by atoms with E-state index in [4.69, 9.17) is 18.9 Å². The van der Waals surface area contributed by atoms with Crippen molar-refractivity contribution in [2.45, 2.75) is 0 Å². The number of hydrogen-bond donors (Lipinski definition) is 0. The second-order valence-electron chi connectivity index (χ2n) is 5.90. The quantitative estimate of drug-likeness (QED) is 0.586. The van der Waals surface area contributed by atoms with Crippen LogP contribution in [0.1, 0.15) is 0 Å². The average molecular weight is 382 g/mol. The van der Waals surface area contributed by atoms with Gasteiger partial charge in [0.05, 0.1) is 28.4 Å². The summed E-state index contributed by atoms with van der Waals surface area (Å²) in [6, 6.07) is 17.8. The lowest BCUT2D eigenvalue weighted by Crippen LogP contribution is -2.02. The summed E-state index contributed by atoms with van der Waals surface area (Å²) in [7, 11) is 9.43. The van der Waals surface area contributed by atoms with Gasteiger partial charge in [-0.1, -0.05) is 18.2 Å². The zero-order chi connectivity index (χ0) is 19.4. The van der Waals surface area contributed by atoms with E-state index in [-0.39, 0.29) is 0 Å². The predicted molar refractivity (Wildman–Crippen MR) is 113 cm³/mol. The lowest BCUT2D eigenvalue weighted by molar-refractivity contribution is 0.395. The minimum absolute atomic E-state index is 0.748. The summed E-state index contributed by atoms with van der Waals surface area (Å²) < 4.78 is 21.9. The van der Waals surface area contributed by atoms with Crippen molar-refractivity contribution in [3.05, 3.63) is 54.6 Å². The first-order valence-electron chi connectivity index (χ1n) is 8.46. The molecule has 5 heteroatoms. The number of methoxy groups -OCH3 is 4. The molecule has 140 valence electrons. The molecule has 0 aliphatic carbocycles. The monoisotopic (exact) mass is 382 g/mol. The number of hydrogen-bond acceptors (Lipinski definition) is 4. The Labute approximate surface area is 162 Å². The molecule has 0 aromatic heterocycles. The Morgan fingerprint density at radius 1 is 0.593 bits per heavy atom. The molecule has 0 spiro atoms. The van der Waals surface area contributed by atoms with Gasteiger partial charge in [-0.15, -0.1) is 9.24 Å². The van der Waals surface area contributed by atoms with E-state index in [2.05, 4.69) is 21.4 Å². The van der Waals surface area contributed by atoms with Gasteiger partial charge in [-0.05, 0) is 35.1 Å². The molecule has 27 heavy (non-hydrogen) atoms. The van der Waals surface area contributed by atoms with Gasteiger partial charge in [0, 0.05) is 28.8 Å². The van der Waals surface area contributed by atoms with Gasteiger partial charge in [0.15, 0.2) is 0 Å². The van der Waals surface area contributed by atoms with Crippen molar-refractivity contribution in [1.82, 2.24) is 0 Å². The fourth-order valence-corrected chi connectivity index (χ4v) is 3.54. The zero-order valence-electron chi connectivity index (χ0n) is 15.9. The van der Waals surface area contributed by atoms with Gasteiger partial charge < -0.3 is 18.9 Å². The fourth-order valence-electron chi connectivity index (χ4n) is 3.12. The van der Waals surface area contributed by atoms with Crippen molar-refractivity contribution in [3.8, 4) is 45.3 Å². The second kappa shape index (κ2) is 8.32. The van der Waals surface area contributed by atoms with E-state index >= 15 is 0 Å². The minimum Gasteiger partial charge on any atom is -0.497 e. The first-order chi connectivity index (χ1) is 13.1. The van der Waals surface area contributed by atoms with E-state index in [9.17, 15) is 0 Å². The Balaban J connectivity index is 2.26. The van der Waals surface area contributed by atoms with Crippen LogP contribution in [0.25, 0.3) is 22.3 Å². The SMILES string of the molecule is COc1ccc(-c2cccc(P)c2-c2ccc(OC)cc2OC)c(OC)c1. The number of benzene rings is 3. The van der Waals surface area contributed by atoms with Crippen LogP contribution in [0.3, 0.4) is 0 Å². The first-order valence-corrected chi connectivity index (χ1v) is 9.04. The molecule has 3 aromatic rings. The molecule has 3 aromatic carbocycles. The molecule has 0 heterocycles. The highest BCUT2D eigenvalue weighted by Gasteiger charge is 2.18. The Bertz CT molecular complexity index is 953. The van der Waals surface area contributed by atoms with Gasteiger partial charge in [0.2, 0.25) is 0 Å². The van der Waals surface area contributed by atoms with Crippen LogP contribution in [0.2, 0.25) is 0 Å². The van der Waals surface area contributed by atoms with E-state index in [1.54, 1.807) is 28.4 Å². The molecule has 1 unspecified atom stereocenters. The lowest BCUT2D eigenvalue weighted by atomic mass is 9.93. The molecule has 0 bridgehead atoms. The molecule has 3 rings (SSSR count). The van der Waals surface area contributed by atoms with Crippen LogP contribution in [-0.2, 0) is 0 Å². The third-order valence-electron chi connectivity index (χ3n) is 4.47. The molecule has 1 atom stereocenters. The summed E-state index contributed by atoms with van der Waals surface area (Å²) in [5.74, 6) is 3.00. The molecular formula is C22H23O4P. The zero-order valence-corrected chi connectivity index (χ0v) is 17.1. The van der Waals surface area contributed by atoms with Crippen LogP contribution in [0, 0.1) is 0 Å². The minimum atomic E-state index is 0.748. The second-order valence-corrected chi connectivity index (χ2v) is 6.52. The molecule has 0 saturated heterocycles. The van der Waals surface area contributed by atoms with E-state index in [1.807, 2.05) is 42.5 Å². The predicted octanol–water partition coefficient (Wildman–Crippen LogP) is 4.56. The highest BCUT2D eigenvalue weighted by molar-refractivity contribution is 7.28. The summed E-state index contributed by atoms with van der Waals surface area (Å²) in [6.07, 6.45) is 0. The van der Waals surface area contributed by atoms with Crippen LogP contribution in [0.5, 0.6) is 23.0 Å². The topological polar surface area (TPSA) is 36.9 Å². The molecule has 0 amide bonds. The maximum Gasteiger partial charge on any atom is 0.130 e. The largest absolute Gasteiger partial charge is 0.497 e. The van der Waals surface area contributed by atoms with Gasteiger partial charge in [0.1, 0.15) is 23.0 Å². The Morgan fingerprint density at radius 3 is 1.70 bits per heavy atom. The van der Waals surface area contributed by atoms with E-state index in [1.165, 1.54) is 0 Å². The Kier molecular flexibility index (Phi) is 5.88. The Morgan fingerprint density at radius 2 is 1.15 bits per heavy atom. The third kappa shape index (κ3) is 3.72. The maximum atomic E-state index is 5.64. The van der Waals surface area contributed by atoms with Crippen molar-refractivity contribution < 1.29 is 18.9 Å². The van der Waals surface area contributed by atoms with Crippen molar-refractivity contribution in [1.29, 1.82) is 0 Å². The average Bonchev–Trinajstić information content (AvgIpc) is 2.72. The van der Waals surface area contributed by atoms with Crippen molar-refractivity contribution in [3.63, 3.8) is 0 Å². The molecule has 0 fully saturated rings. The first kappa shape index (κ1) is 19.1. The van der Waals surface area contributed by atoms with Crippen molar-refractivity contribution in [2.75, 3.05) is 28.4 Å². The van der Waals surface area contributed by atoms with Crippen LogP contribution in [-0.4, -0.2) is 28.4 Å². The molecule has 0 saturated carbocycles. The van der Waals surface area contributed by atoms with E-state index in [0.717, 1.165) is 50.6 Å². The summed E-state index contributed by atoms with van der Waals surface area (Å²) in [6.45, 7) is 0. The van der Waals surface area contributed by atoms with Crippen LogP contribution < -0.4 is 24.3 Å². The molecule has 0 radical (unpaired) electrons. The molecular weight excluding hydrogens is 359 g/mol. The highest BCUT2D eigenvalue weighted by Crippen LogP contribution is 2.42. The highest BCUT2D eigenvalue weighted by atomic mass is 31.0. The summed E-state index contributed by atoms with van der Waals surface area (Å²) >= 11 is 0. The molecule has 0 aliphatic rings. The van der Waals surface area contributed by atoms with E-state index in [0.29, 0.717) is 0 Å². The van der Waals surface area contributed by atoms with Crippen LogP contribution >= 0.6 is 9.24 Å². The standard InChI is InChI=1S/C22H23O4P/c1-23-14-8-10-16(19(12-14)25-3)17-6-5-7-21(27)22(17)18-11-9-15(24-2)13-20(18)26-4/h5-13H,27H2,1-4H3. The summed E-state index contributed by atoms with van der Waals surface area (Å²) in [4.78, 5) is 0. The van der Waals surface area contributed by atoms with E-state index < -0.39 is 0 Å². The fraction of sp³-hybridized carbons (Fsp3) is 0.182. The van der Waals surface area contributed by atoms with Crippen LogP contribution in [0.15, 0.2) is 54.6 Å².